The maximum atomic E-state index is 13.3. The summed E-state index contributed by atoms with van der Waals surface area (Å²) in [4.78, 5) is 18.6. The van der Waals surface area contributed by atoms with Gasteiger partial charge in [-0.15, -0.1) is 11.3 Å². The van der Waals surface area contributed by atoms with Crippen molar-refractivity contribution < 1.29 is 0 Å². The Hall–Kier alpha value is -3.95. The van der Waals surface area contributed by atoms with Crippen molar-refractivity contribution in [3.8, 4) is 11.4 Å². The summed E-state index contributed by atoms with van der Waals surface area (Å²) in [5.74, 6) is 0. The third-order valence-electron chi connectivity index (χ3n) is 5.93. The molecule has 10 heteroatoms. The van der Waals surface area contributed by atoms with E-state index in [1.165, 1.54) is 11.3 Å². The normalized spacial score (nSPS) is 12.2. The van der Waals surface area contributed by atoms with E-state index in [0.717, 1.165) is 28.5 Å². The maximum Gasteiger partial charge on any atom is 0.297 e. The second-order valence-corrected chi connectivity index (χ2v) is 9.47. The van der Waals surface area contributed by atoms with Crippen LogP contribution in [-0.2, 0) is 7.05 Å². The van der Waals surface area contributed by atoms with Crippen molar-refractivity contribution >= 4 is 34.8 Å². The van der Waals surface area contributed by atoms with Gasteiger partial charge in [0.1, 0.15) is 5.15 Å². The number of rotatable bonds is 5. The lowest BCUT2D eigenvalue weighted by molar-refractivity contribution is 0.630. The number of nitrogens with zero attached hydrogens (tertiary/aromatic N) is 7. The summed E-state index contributed by atoms with van der Waals surface area (Å²) < 4.78 is 6.82. The Morgan fingerprint density at radius 3 is 2.28 bits per heavy atom. The first kappa shape index (κ1) is 23.8. The predicted molar refractivity (Wildman–Crippen MR) is 144 cm³/mol. The fourth-order valence-corrected chi connectivity index (χ4v) is 5.03. The first-order valence-electron chi connectivity index (χ1n) is 11.3. The summed E-state index contributed by atoms with van der Waals surface area (Å²) in [6.45, 7) is 5.71. The molecule has 5 aromatic rings. The molecular formula is C26H24ClN7OS. The van der Waals surface area contributed by atoms with Crippen LogP contribution in [0.4, 0.5) is 5.69 Å². The van der Waals surface area contributed by atoms with Gasteiger partial charge in [0, 0.05) is 12.4 Å². The highest BCUT2D eigenvalue weighted by atomic mass is 35.5. The summed E-state index contributed by atoms with van der Waals surface area (Å²) in [5.41, 5.74) is 4.95. The predicted octanol–water partition coefficient (Wildman–Crippen LogP) is 4.92. The smallest absolute Gasteiger partial charge is 0.283 e. The van der Waals surface area contributed by atoms with Gasteiger partial charge in [-0.2, -0.15) is 10.2 Å². The average Bonchev–Trinajstić information content (AvgIpc) is 3.46. The topological polar surface area (TPSA) is 74.4 Å². The van der Waals surface area contributed by atoms with Gasteiger partial charge in [-0.3, -0.25) is 9.48 Å². The van der Waals surface area contributed by atoms with Crippen LogP contribution in [0, 0.1) is 20.8 Å². The highest BCUT2D eigenvalue weighted by Gasteiger charge is 2.17. The van der Waals surface area contributed by atoms with Gasteiger partial charge in [-0.1, -0.05) is 48.0 Å². The molecule has 0 unspecified atom stereocenters. The molecule has 0 aliphatic heterocycles. The molecule has 3 aromatic heterocycles. The molecule has 0 saturated carbocycles. The molecule has 0 aliphatic carbocycles. The molecule has 0 bridgehead atoms. The largest absolute Gasteiger partial charge is 0.297 e. The molecule has 0 saturated heterocycles. The maximum absolute atomic E-state index is 13.3. The number of para-hydroxylation sites is 2. The van der Waals surface area contributed by atoms with E-state index in [0.29, 0.717) is 21.2 Å². The van der Waals surface area contributed by atoms with Gasteiger partial charge >= 0.3 is 0 Å². The van der Waals surface area contributed by atoms with Crippen LogP contribution in [0.15, 0.2) is 80.9 Å². The lowest BCUT2D eigenvalue weighted by Crippen LogP contribution is -2.19. The molecule has 2 aromatic carbocycles. The second kappa shape index (κ2) is 9.60. The van der Waals surface area contributed by atoms with Gasteiger partial charge in [0.25, 0.3) is 5.56 Å². The Morgan fingerprint density at radius 2 is 1.61 bits per heavy atom. The first-order chi connectivity index (χ1) is 17.4. The molecule has 3 heterocycles. The number of aromatic nitrogens is 5. The quantitative estimate of drug-likeness (QED) is 0.310. The van der Waals surface area contributed by atoms with Crippen molar-refractivity contribution in [3.63, 3.8) is 0 Å². The van der Waals surface area contributed by atoms with Crippen LogP contribution >= 0.6 is 22.9 Å². The van der Waals surface area contributed by atoms with Crippen LogP contribution < -0.4 is 10.4 Å². The van der Waals surface area contributed by atoms with Crippen molar-refractivity contribution in [2.75, 3.05) is 0 Å². The Labute approximate surface area is 216 Å². The second-order valence-electron chi connectivity index (χ2n) is 8.28. The van der Waals surface area contributed by atoms with E-state index in [1.807, 2.05) is 98.5 Å². The van der Waals surface area contributed by atoms with E-state index in [4.69, 9.17) is 16.6 Å². The molecule has 182 valence electrons. The number of hydrogen-bond donors (Lipinski definition) is 0. The van der Waals surface area contributed by atoms with E-state index >= 15 is 0 Å². The van der Waals surface area contributed by atoms with Gasteiger partial charge in [0.05, 0.1) is 40.2 Å². The minimum Gasteiger partial charge on any atom is -0.283 e. The number of benzene rings is 2. The van der Waals surface area contributed by atoms with E-state index < -0.39 is 0 Å². The van der Waals surface area contributed by atoms with Crippen LogP contribution in [0.3, 0.4) is 0 Å². The Morgan fingerprint density at radius 1 is 0.972 bits per heavy atom. The first-order valence-corrected chi connectivity index (χ1v) is 12.5. The van der Waals surface area contributed by atoms with Crippen LogP contribution in [0.5, 0.6) is 0 Å². The summed E-state index contributed by atoms with van der Waals surface area (Å²) >= 11 is 8.08. The minimum absolute atomic E-state index is 0.189. The third-order valence-corrected chi connectivity index (χ3v) is 7.23. The molecule has 0 atom stereocenters. The van der Waals surface area contributed by atoms with Crippen molar-refractivity contribution in [2.24, 2.45) is 17.1 Å². The number of halogens is 1. The van der Waals surface area contributed by atoms with Gasteiger partial charge in [0.15, 0.2) is 5.69 Å². The lowest BCUT2D eigenvalue weighted by Gasteiger charge is -2.07. The molecule has 0 fully saturated rings. The number of aryl methyl sites for hydroxylation is 2. The zero-order valence-corrected chi connectivity index (χ0v) is 21.8. The zero-order chi connectivity index (χ0) is 25.4. The van der Waals surface area contributed by atoms with Crippen molar-refractivity contribution in [1.29, 1.82) is 0 Å². The molecule has 5 rings (SSSR count). The summed E-state index contributed by atoms with van der Waals surface area (Å²) in [6.07, 6.45) is 1.68. The van der Waals surface area contributed by atoms with E-state index in [9.17, 15) is 4.79 Å². The highest BCUT2D eigenvalue weighted by Crippen LogP contribution is 2.22. The Balaban J connectivity index is 1.57. The minimum atomic E-state index is -0.189. The number of thiazole rings is 1. The highest BCUT2D eigenvalue weighted by molar-refractivity contribution is 7.07. The van der Waals surface area contributed by atoms with E-state index in [1.54, 1.807) is 20.3 Å². The Kier molecular flexibility index (Phi) is 6.34. The molecule has 36 heavy (non-hydrogen) atoms. The number of hydrogen-bond acceptors (Lipinski definition) is 5. The van der Waals surface area contributed by atoms with Crippen LogP contribution in [0.25, 0.3) is 11.4 Å². The SMILES string of the molecule is Cc1nn(-c2ccccc2)c(Cl)c1C=Nn1c(C)csc1=Nc1c(C)n(C)n(-c2ccccc2)c1=O. The fourth-order valence-electron chi connectivity index (χ4n) is 3.90. The van der Waals surface area contributed by atoms with E-state index in [2.05, 4.69) is 10.2 Å². The monoisotopic (exact) mass is 517 g/mol. The summed E-state index contributed by atoms with van der Waals surface area (Å²) in [5, 5.41) is 11.7. The third kappa shape index (κ3) is 4.16. The van der Waals surface area contributed by atoms with Crippen LogP contribution in [0.2, 0.25) is 5.15 Å². The molecule has 0 amide bonds. The van der Waals surface area contributed by atoms with Gasteiger partial charge in [0.2, 0.25) is 4.80 Å². The van der Waals surface area contributed by atoms with E-state index in [-0.39, 0.29) is 5.56 Å². The molecule has 0 radical (unpaired) electrons. The van der Waals surface area contributed by atoms with Crippen molar-refractivity contribution in [2.45, 2.75) is 20.8 Å². The zero-order valence-electron chi connectivity index (χ0n) is 20.3. The Bertz CT molecular complexity index is 1700. The molecule has 0 N–H and O–H groups in total. The summed E-state index contributed by atoms with van der Waals surface area (Å²) in [7, 11) is 1.85. The van der Waals surface area contributed by atoms with Gasteiger partial charge in [-0.25, -0.2) is 19.0 Å². The average molecular weight is 518 g/mol. The van der Waals surface area contributed by atoms with Crippen molar-refractivity contribution in [1.82, 2.24) is 23.8 Å². The molecule has 0 aliphatic rings. The van der Waals surface area contributed by atoms with Crippen LogP contribution in [-0.4, -0.2) is 30.0 Å². The fraction of sp³-hybridized carbons (Fsp3) is 0.154. The molecular weight excluding hydrogens is 494 g/mol. The summed E-state index contributed by atoms with van der Waals surface area (Å²) in [6, 6.07) is 19.2. The standard InChI is InChI=1S/C26H24ClN7OS/c1-17-16-36-26(29-23-19(3)31(4)34(25(23)35)21-13-9-6-10-14-21)32(17)28-15-22-18(2)30-33(24(22)27)20-11-7-5-8-12-20/h5-16H,1-4H3. The van der Waals surface area contributed by atoms with Crippen LogP contribution in [0.1, 0.15) is 22.6 Å². The molecule has 8 nitrogen and oxygen atoms in total. The lowest BCUT2D eigenvalue weighted by atomic mass is 10.3. The van der Waals surface area contributed by atoms with Crippen molar-refractivity contribution in [3.05, 3.63) is 109 Å². The molecule has 0 spiro atoms. The van der Waals surface area contributed by atoms with Gasteiger partial charge in [-0.05, 0) is 45.0 Å². The van der Waals surface area contributed by atoms with Gasteiger partial charge < -0.3 is 0 Å².